The van der Waals surface area contributed by atoms with Gasteiger partial charge in [-0.1, -0.05) is 32.6 Å². The first-order valence-electron chi connectivity index (χ1n) is 6.15. The Morgan fingerprint density at radius 3 is 2.93 bits per heavy atom. The van der Waals surface area contributed by atoms with Gasteiger partial charge in [-0.05, 0) is 24.8 Å². The Morgan fingerprint density at radius 1 is 1.47 bits per heavy atom. The lowest BCUT2D eigenvalue weighted by Gasteiger charge is -2.22. The van der Waals surface area contributed by atoms with E-state index in [0.29, 0.717) is 6.04 Å². The van der Waals surface area contributed by atoms with E-state index in [0.717, 1.165) is 25.9 Å². The van der Waals surface area contributed by atoms with Crippen molar-refractivity contribution in [3.05, 3.63) is 11.8 Å². The summed E-state index contributed by atoms with van der Waals surface area (Å²) in [4.78, 5) is 0. The third-order valence-electron chi connectivity index (χ3n) is 2.96. The zero-order valence-electron chi connectivity index (χ0n) is 9.80. The van der Waals surface area contributed by atoms with Crippen molar-refractivity contribution in [1.82, 2.24) is 5.43 Å². The minimum absolute atomic E-state index is 0.321. The molecular weight excluding hydrogens is 188 g/mol. The molecule has 1 rings (SSSR count). The third-order valence-corrected chi connectivity index (χ3v) is 2.96. The highest BCUT2D eigenvalue weighted by molar-refractivity contribution is 5.09. The van der Waals surface area contributed by atoms with Gasteiger partial charge in [-0.3, -0.25) is 11.3 Å². The Balaban J connectivity index is 2.25. The molecule has 1 aliphatic heterocycles. The van der Waals surface area contributed by atoms with E-state index in [-0.39, 0.29) is 0 Å². The van der Waals surface area contributed by atoms with E-state index in [2.05, 4.69) is 12.3 Å². The first-order chi connectivity index (χ1) is 7.38. The number of hydrogen-bond acceptors (Lipinski definition) is 3. The molecule has 3 N–H and O–H groups in total. The van der Waals surface area contributed by atoms with Crippen LogP contribution in [-0.2, 0) is 4.74 Å². The largest absolute Gasteiger partial charge is 0.501 e. The fourth-order valence-electron chi connectivity index (χ4n) is 1.99. The maximum atomic E-state index is 5.57. The zero-order valence-corrected chi connectivity index (χ0v) is 9.80. The summed E-state index contributed by atoms with van der Waals surface area (Å²) in [6, 6.07) is 0.321. The Labute approximate surface area is 93.0 Å². The molecule has 0 aromatic carbocycles. The minimum atomic E-state index is 0.321. The molecule has 3 heteroatoms. The summed E-state index contributed by atoms with van der Waals surface area (Å²) >= 11 is 0. The molecule has 0 amide bonds. The van der Waals surface area contributed by atoms with Crippen LogP contribution in [0.4, 0.5) is 0 Å². The predicted molar refractivity (Wildman–Crippen MR) is 63.1 cm³/mol. The highest BCUT2D eigenvalue weighted by Crippen LogP contribution is 2.19. The van der Waals surface area contributed by atoms with Crippen molar-refractivity contribution < 1.29 is 4.74 Å². The average molecular weight is 212 g/mol. The van der Waals surface area contributed by atoms with Crippen molar-refractivity contribution in [2.75, 3.05) is 6.61 Å². The molecule has 15 heavy (non-hydrogen) atoms. The number of hydrogen-bond donors (Lipinski definition) is 2. The fraction of sp³-hybridized carbons (Fsp3) is 0.833. The maximum Gasteiger partial charge on any atom is 0.0876 e. The molecule has 0 saturated heterocycles. The van der Waals surface area contributed by atoms with Crippen LogP contribution in [0.15, 0.2) is 11.8 Å². The predicted octanol–water partition coefficient (Wildman–Crippen LogP) is 2.48. The summed E-state index contributed by atoms with van der Waals surface area (Å²) in [7, 11) is 0. The van der Waals surface area contributed by atoms with Gasteiger partial charge in [0, 0.05) is 6.04 Å². The quantitative estimate of drug-likeness (QED) is 0.387. The van der Waals surface area contributed by atoms with E-state index in [4.69, 9.17) is 10.6 Å². The number of ether oxygens (including phenoxy) is 1. The van der Waals surface area contributed by atoms with Crippen LogP contribution in [-0.4, -0.2) is 12.6 Å². The van der Waals surface area contributed by atoms with E-state index in [1.165, 1.54) is 31.3 Å². The Hall–Kier alpha value is -0.540. The Bertz CT molecular complexity index is 192. The van der Waals surface area contributed by atoms with Gasteiger partial charge in [0.2, 0.25) is 0 Å². The van der Waals surface area contributed by atoms with E-state index < -0.39 is 0 Å². The number of unbranched alkanes of at least 4 members (excludes halogenated alkanes) is 3. The molecule has 0 bridgehead atoms. The minimum Gasteiger partial charge on any atom is -0.501 e. The first kappa shape index (κ1) is 12.5. The SMILES string of the molecule is CCCCCCC(NN)C1=COCCC1. The normalized spacial score (nSPS) is 18.1. The van der Waals surface area contributed by atoms with E-state index in [9.17, 15) is 0 Å². The molecule has 0 spiro atoms. The van der Waals surface area contributed by atoms with Crippen molar-refractivity contribution >= 4 is 0 Å². The third kappa shape index (κ3) is 4.67. The number of hydrazine groups is 1. The van der Waals surface area contributed by atoms with E-state index in [1.54, 1.807) is 0 Å². The summed E-state index contributed by atoms with van der Waals surface area (Å²) in [5.41, 5.74) is 4.23. The highest BCUT2D eigenvalue weighted by atomic mass is 16.5. The summed E-state index contributed by atoms with van der Waals surface area (Å²) in [5, 5.41) is 0. The molecule has 1 aliphatic rings. The van der Waals surface area contributed by atoms with Crippen LogP contribution in [0, 0.1) is 0 Å². The average Bonchev–Trinajstić information content (AvgIpc) is 2.30. The van der Waals surface area contributed by atoms with Crippen LogP contribution in [0.2, 0.25) is 0 Å². The van der Waals surface area contributed by atoms with Gasteiger partial charge in [-0.2, -0.15) is 0 Å². The van der Waals surface area contributed by atoms with Gasteiger partial charge >= 0.3 is 0 Å². The zero-order chi connectivity index (χ0) is 10.9. The Kier molecular flexibility index (Phi) is 6.44. The smallest absolute Gasteiger partial charge is 0.0876 e. The monoisotopic (exact) mass is 212 g/mol. The number of nitrogens with one attached hydrogen (secondary N) is 1. The van der Waals surface area contributed by atoms with Crippen LogP contribution in [0.3, 0.4) is 0 Å². The molecular formula is C12H24N2O. The molecule has 0 aliphatic carbocycles. The van der Waals surface area contributed by atoms with Crippen LogP contribution >= 0.6 is 0 Å². The van der Waals surface area contributed by atoms with Gasteiger partial charge in [0.1, 0.15) is 0 Å². The second-order valence-corrected chi connectivity index (χ2v) is 4.24. The standard InChI is InChI=1S/C12H24N2O/c1-2-3-4-5-8-12(14-13)11-7-6-9-15-10-11/h10,12,14H,2-9,13H2,1H3. The molecule has 0 aromatic heterocycles. The summed E-state index contributed by atoms with van der Waals surface area (Å²) < 4.78 is 5.33. The van der Waals surface area contributed by atoms with E-state index in [1.807, 2.05) is 6.26 Å². The molecule has 0 saturated carbocycles. The second-order valence-electron chi connectivity index (χ2n) is 4.24. The summed E-state index contributed by atoms with van der Waals surface area (Å²) in [5.74, 6) is 5.57. The second kappa shape index (κ2) is 7.71. The lowest BCUT2D eigenvalue weighted by atomic mass is 9.97. The molecule has 88 valence electrons. The highest BCUT2D eigenvalue weighted by Gasteiger charge is 2.14. The van der Waals surface area contributed by atoms with Crippen LogP contribution in [0.5, 0.6) is 0 Å². The van der Waals surface area contributed by atoms with Gasteiger partial charge in [0.25, 0.3) is 0 Å². The lowest BCUT2D eigenvalue weighted by Crippen LogP contribution is -2.37. The first-order valence-corrected chi connectivity index (χ1v) is 6.15. The van der Waals surface area contributed by atoms with E-state index >= 15 is 0 Å². The van der Waals surface area contributed by atoms with Gasteiger partial charge in [-0.15, -0.1) is 0 Å². The molecule has 3 nitrogen and oxygen atoms in total. The van der Waals surface area contributed by atoms with Crippen LogP contribution in [0.1, 0.15) is 51.9 Å². The van der Waals surface area contributed by atoms with Gasteiger partial charge in [0.15, 0.2) is 0 Å². The van der Waals surface area contributed by atoms with Gasteiger partial charge < -0.3 is 4.74 Å². The molecule has 0 radical (unpaired) electrons. The molecule has 1 atom stereocenters. The van der Waals surface area contributed by atoms with Crippen molar-refractivity contribution in [2.45, 2.75) is 57.9 Å². The van der Waals surface area contributed by atoms with Crippen molar-refractivity contribution in [3.8, 4) is 0 Å². The van der Waals surface area contributed by atoms with Crippen LogP contribution in [0.25, 0.3) is 0 Å². The topological polar surface area (TPSA) is 47.3 Å². The van der Waals surface area contributed by atoms with Gasteiger partial charge in [0.05, 0.1) is 12.9 Å². The maximum absolute atomic E-state index is 5.57. The van der Waals surface area contributed by atoms with Crippen molar-refractivity contribution in [3.63, 3.8) is 0 Å². The number of rotatable bonds is 7. The number of nitrogens with two attached hydrogens (primary N) is 1. The summed E-state index contributed by atoms with van der Waals surface area (Å²) in [6.45, 7) is 3.09. The lowest BCUT2D eigenvalue weighted by molar-refractivity contribution is 0.218. The molecule has 0 aromatic rings. The molecule has 0 fully saturated rings. The Morgan fingerprint density at radius 2 is 2.33 bits per heavy atom. The van der Waals surface area contributed by atoms with Crippen LogP contribution < -0.4 is 11.3 Å². The van der Waals surface area contributed by atoms with Crippen molar-refractivity contribution in [2.24, 2.45) is 5.84 Å². The summed E-state index contributed by atoms with van der Waals surface area (Å²) in [6.07, 6.45) is 10.4. The molecule has 1 unspecified atom stereocenters. The fourth-order valence-corrected chi connectivity index (χ4v) is 1.99. The molecule has 1 heterocycles. The van der Waals surface area contributed by atoms with Gasteiger partial charge in [-0.25, -0.2) is 0 Å². The van der Waals surface area contributed by atoms with Crippen molar-refractivity contribution in [1.29, 1.82) is 0 Å².